The highest BCUT2D eigenvalue weighted by molar-refractivity contribution is 6.21. The van der Waals surface area contributed by atoms with Gasteiger partial charge in [-0.2, -0.15) is 46.9 Å². The Hall–Kier alpha value is -5.22. The molecule has 194 valence electrons. The summed E-state index contributed by atoms with van der Waals surface area (Å²) < 4.78 is 80.8. The highest BCUT2D eigenvalue weighted by Crippen LogP contribution is 2.40. The molecule has 0 aliphatic rings. The van der Waals surface area contributed by atoms with Gasteiger partial charge in [0.25, 0.3) is 0 Å². The van der Waals surface area contributed by atoms with Crippen LogP contribution in [0.2, 0.25) is 0 Å². The Morgan fingerprint density at radius 2 is 0.950 bits per heavy atom. The minimum absolute atomic E-state index is 0.0784. The fourth-order valence-corrected chi connectivity index (χ4v) is 5.27. The molecule has 6 aromatic rings. The van der Waals surface area contributed by atoms with Crippen molar-refractivity contribution in [2.45, 2.75) is 12.4 Å². The van der Waals surface area contributed by atoms with Crippen LogP contribution in [-0.4, -0.2) is 0 Å². The summed E-state index contributed by atoms with van der Waals surface area (Å²) in [4.78, 5) is 7.98. The smallest absolute Gasteiger partial charge is 0.172 e. The van der Waals surface area contributed by atoms with Gasteiger partial charge in [-0.15, -0.1) is 0 Å². The second-order valence-corrected chi connectivity index (χ2v) is 9.16. The minimum atomic E-state index is -4.99. The maximum Gasteiger partial charge on any atom is 0.416 e. The van der Waals surface area contributed by atoms with Crippen LogP contribution in [-0.2, 0) is 12.4 Å². The number of nitriles is 2. The predicted molar refractivity (Wildman–Crippen MR) is 137 cm³/mol. The number of alkyl halides is 6. The molecule has 0 radical (unpaired) electrons. The van der Waals surface area contributed by atoms with Crippen LogP contribution in [0.1, 0.15) is 11.1 Å². The van der Waals surface area contributed by atoms with Gasteiger partial charge in [0.05, 0.1) is 21.8 Å². The Kier molecular flexibility index (Phi) is 5.42. The van der Waals surface area contributed by atoms with E-state index in [4.69, 9.17) is 0 Å². The first-order valence-electron chi connectivity index (χ1n) is 11.7. The van der Waals surface area contributed by atoms with Crippen molar-refractivity contribution in [1.29, 1.82) is 10.5 Å². The third kappa shape index (κ3) is 3.85. The van der Waals surface area contributed by atoms with Crippen molar-refractivity contribution >= 4 is 43.1 Å². The van der Waals surface area contributed by atoms with Crippen molar-refractivity contribution in [3.05, 3.63) is 94.6 Å². The van der Waals surface area contributed by atoms with Gasteiger partial charge in [-0.25, -0.2) is 0 Å². The number of benzene rings is 4. The van der Waals surface area contributed by atoms with E-state index >= 15 is 0 Å². The minimum Gasteiger partial charge on any atom is -0.172 e. The van der Waals surface area contributed by atoms with Crippen molar-refractivity contribution in [2.24, 2.45) is 9.98 Å². The summed E-state index contributed by atoms with van der Waals surface area (Å²) in [6.07, 6.45) is -6.41. The molecule has 0 aromatic heterocycles. The highest BCUT2D eigenvalue weighted by Gasteiger charge is 2.37. The maximum atomic E-state index is 13.5. The number of hydrogen-bond acceptors (Lipinski definition) is 4. The Morgan fingerprint density at radius 1 is 0.475 bits per heavy atom. The van der Waals surface area contributed by atoms with Crippen molar-refractivity contribution in [1.82, 2.24) is 0 Å². The molecule has 6 rings (SSSR count). The summed E-state index contributed by atoms with van der Waals surface area (Å²) in [6, 6.07) is 16.8. The van der Waals surface area contributed by atoms with E-state index in [1.165, 1.54) is 12.1 Å². The fourth-order valence-electron chi connectivity index (χ4n) is 5.27. The summed E-state index contributed by atoms with van der Waals surface area (Å²) in [6.45, 7) is 0. The van der Waals surface area contributed by atoms with E-state index in [2.05, 4.69) is 9.98 Å². The van der Waals surface area contributed by atoms with E-state index in [1.807, 2.05) is 42.6 Å². The van der Waals surface area contributed by atoms with Crippen molar-refractivity contribution in [3.63, 3.8) is 0 Å². The molecule has 0 aliphatic carbocycles. The van der Waals surface area contributed by atoms with E-state index < -0.39 is 23.5 Å². The predicted octanol–water partition coefficient (Wildman–Crippen LogP) is 7.64. The van der Waals surface area contributed by atoms with Gasteiger partial charge in [-0.3, -0.25) is 0 Å². The topological polar surface area (TPSA) is 72.3 Å². The van der Waals surface area contributed by atoms with Gasteiger partial charge >= 0.3 is 12.4 Å². The van der Waals surface area contributed by atoms with Crippen molar-refractivity contribution in [3.8, 4) is 23.5 Å². The average molecular weight is 542 g/mol. The monoisotopic (exact) mass is 542 g/mol. The van der Waals surface area contributed by atoms with E-state index in [9.17, 15) is 36.9 Å². The summed E-state index contributed by atoms with van der Waals surface area (Å²) in [5.41, 5.74) is -3.03. The largest absolute Gasteiger partial charge is 0.416 e. The third-order valence-corrected chi connectivity index (χ3v) is 6.95. The zero-order chi connectivity index (χ0) is 28.4. The van der Waals surface area contributed by atoms with E-state index in [0.29, 0.717) is 44.4 Å². The van der Waals surface area contributed by atoms with Crippen LogP contribution in [0.5, 0.6) is 0 Å². The first-order chi connectivity index (χ1) is 19.0. The number of nitrogens with zero attached hydrogens (tertiary/aromatic N) is 4. The molecule has 6 aromatic carbocycles. The van der Waals surface area contributed by atoms with Crippen LogP contribution in [0, 0.1) is 22.9 Å². The lowest BCUT2D eigenvalue weighted by molar-refractivity contribution is -0.143. The van der Waals surface area contributed by atoms with Gasteiger partial charge < -0.3 is 0 Å². The maximum absolute atomic E-state index is 13.5. The Labute approximate surface area is 220 Å². The summed E-state index contributed by atoms with van der Waals surface area (Å²) >= 11 is 0. The molecular weight excluding hydrogens is 530 g/mol. The molecule has 10 heteroatoms. The van der Waals surface area contributed by atoms with Crippen LogP contribution in [0.4, 0.5) is 26.3 Å². The Balaban J connectivity index is 1.70. The van der Waals surface area contributed by atoms with Crippen molar-refractivity contribution in [2.75, 3.05) is 0 Å². The van der Waals surface area contributed by atoms with Crippen LogP contribution >= 0.6 is 0 Å². The number of halogens is 6. The number of rotatable bonds is 1. The van der Waals surface area contributed by atoms with Gasteiger partial charge in [0, 0.05) is 21.5 Å². The van der Waals surface area contributed by atoms with Gasteiger partial charge in [-0.05, 0) is 69.1 Å². The molecule has 0 bridgehead atoms. The molecule has 0 saturated heterocycles. The molecule has 0 unspecified atom stereocenters. The lowest BCUT2D eigenvalue weighted by atomic mass is 9.97. The molecule has 0 aliphatic heterocycles. The molecule has 0 spiro atoms. The first-order valence-corrected chi connectivity index (χ1v) is 11.7. The lowest BCUT2D eigenvalue weighted by Crippen LogP contribution is -2.11. The Morgan fingerprint density at radius 3 is 1.48 bits per heavy atom. The second kappa shape index (κ2) is 8.65. The summed E-state index contributed by atoms with van der Waals surface area (Å²) in [5.74, 6) is 0. The van der Waals surface area contributed by atoms with Crippen LogP contribution in [0.3, 0.4) is 0 Å². The van der Waals surface area contributed by atoms with E-state index in [-0.39, 0.29) is 22.6 Å². The molecule has 0 amide bonds. The third-order valence-electron chi connectivity index (χ3n) is 6.95. The molecular formula is C30H12F6N4. The molecule has 0 heterocycles. The van der Waals surface area contributed by atoms with Crippen LogP contribution < -0.4 is 10.7 Å². The normalized spacial score (nSPS) is 13.5. The first kappa shape index (κ1) is 25.1. The van der Waals surface area contributed by atoms with Crippen LogP contribution in [0.25, 0.3) is 54.2 Å². The second-order valence-electron chi connectivity index (χ2n) is 9.16. The zero-order valence-corrected chi connectivity index (χ0v) is 20.0. The molecule has 0 saturated carbocycles. The number of fused-ring (bicyclic) bond motifs is 6. The molecule has 0 fully saturated rings. The van der Waals surface area contributed by atoms with E-state index in [1.54, 1.807) is 12.3 Å². The SMILES string of the molecule is N#C/N=c1\c2ccccc2c2cc3/c(=N/C#N)c4cc(-c5cc(C(F)(F)F)cc(C(F)(F)F)c5)ccc4c3cc12. The van der Waals surface area contributed by atoms with Gasteiger partial charge in [0.1, 0.15) is 0 Å². The highest BCUT2D eigenvalue weighted by atomic mass is 19.4. The summed E-state index contributed by atoms with van der Waals surface area (Å²) in [7, 11) is 0. The molecule has 4 nitrogen and oxygen atoms in total. The fraction of sp³-hybridized carbons (Fsp3) is 0.0667. The summed E-state index contributed by atoms with van der Waals surface area (Å²) in [5, 5.41) is 24.7. The van der Waals surface area contributed by atoms with Gasteiger partial charge in [0.15, 0.2) is 0 Å². The van der Waals surface area contributed by atoms with Gasteiger partial charge in [-0.1, -0.05) is 36.4 Å². The molecule has 40 heavy (non-hydrogen) atoms. The van der Waals surface area contributed by atoms with Crippen LogP contribution in [0.15, 0.2) is 82.8 Å². The lowest BCUT2D eigenvalue weighted by Gasteiger charge is -2.14. The standard InChI is InChI=1S/C30H12F6N4/c31-29(32,33)17-7-16(8-18(10-17)30(34,35)36)15-5-6-20-23-12-25-22(11-26(23)28(40-14-38)24(20)9-15)19-3-1-2-4-21(19)27(25)39-13-37/h1-12H/b39-27+,40-28+. The van der Waals surface area contributed by atoms with Crippen molar-refractivity contribution < 1.29 is 26.3 Å². The van der Waals surface area contributed by atoms with Gasteiger partial charge in [0.2, 0.25) is 12.4 Å². The molecule has 0 atom stereocenters. The average Bonchev–Trinajstić information content (AvgIpc) is 3.38. The van der Waals surface area contributed by atoms with E-state index in [0.717, 1.165) is 16.2 Å². The molecule has 0 N–H and O–H groups in total. The number of hydrogen-bond donors (Lipinski definition) is 0. The zero-order valence-electron chi connectivity index (χ0n) is 20.0. The quantitative estimate of drug-likeness (QED) is 0.158. The Bertz CT molecular complexity index is 2190.